The van der Waals surface area contributed by atoms with E-state index in [0.717, 1.165) is 12.8 Å². The molecule has 0 spiro atoms. The molecule has 0 aromatic carbocycles. The number of allylic oxidation sites excluding steroid dienone is 2. The summed E-state index contributed by atoms with van der Waals surface area (Å²) in [6.07, 6.45) is 4.26. The number of hydrogen-bond acceptors (Lipinski definition) is 7. The summed E-state index contributed by atoms with van der Waals surface area (Å²) in [5, 5.41) is 0. The fourth-order valence-electron chi connectivity index (χ4n) is 5.15. The van der Waals surface area contributed by atoms with Gasteiger partial charge in [0.2, 0.25) is 0 Å². The van der Waals surface area contributed by atoms with Crippen molar-refractivity contribution < 1.29 is 33.2 Å². The molecule has 27 heavy (non-hydrogen) atoms. The van der Waals surface area contributed by atoms with Crippen LogP contribution in [0, 0.1) is 17.8 Å². The molecule has 0 amide bonds. The summed E-state index contributed by atoms with van der Waals surface area (Å²) >= 11 is 0. The lowest BCUT2D eigenvalue weighted by molar-refractivity contribution is -0.242. The average Bonchev–Trinajstić information content (AvgIpc) is 3.32. The van der Waals surface area contributed by atoms with Crippen LogP contribution in [0.25, 0.3) is 0 Å². The maximum atomic E-state index is 12.6. The Hall–Kier alpha value is -0.990. The van der Waals surface area contributed by atoms with Crippen molar-refractivity contribution in [2.45, 2.75) is 82.8 Å². The number of esters is 1. The lowest BCUT2D eigenvalue weighted by Crippen LogP contribution is -2.56. The van der Waals surface area contributed by atoms with Crippen LogP contribution in [0.5, 0.6) is 0 Å². The first-order valence-electron chi connectivity index (χ1n) is 9.92. The second-order valence-corrected chi connectivity index (χ2v) is 9.22. The zero-order chi connectivity index (χ0) is 19.0. The molecule has 5 rings (SSSR count). The minimum atomic E-state index is -0.753. The first kappa shape index (κ1) is 18.1. The number of carbonyl (C=O) groups excluding carboxylic acids is 1. The summed E-state index contributed by atoms with van der Waals surface area (Å²) in [6, 6.07) is 0. The minimum Gasteiger partial charge on any atom is -0.463 e. The molecule has 3 heterocycles. The number of carbonyl (C=O) groups is 1. The zero-order valence-corrected chi connectivity index (χ0v) is 16.3. The van der Waals surface area contributed by atoms with E-state index in [1.54, 1.807) is 0 Å². The molecule has 7 nitrogen and oxygen atoms in total. The van der Waals surface area contributed by atoms with Gasteiger partial charge in [-0.25, -0.2) is 0 Å². The smallest absolute Gasteiger partial charge is 0.309 e. The third kappa shape index (κ3) is 3.13. The van der Waals surface area contributed by atoms with Gasteiger partial charge in [-0.2, -0.15) is 0 Å². The minimum absolute atomic E-state index is 0.0330. The van der Waals surface area contributed by atoms with E-state index in [9.17, 15) is 4.79 Å². The van der Waals surface area contributed by atoms with E-state index in [4.69, 9.17) is 28.4 Å². The van der Waals surface area contributed by atoms with Gasteiger partial charge in [-0.15, -0.1) is 0 Å². The first-order chi connectivity index (χ1) is 12.7. The van der Waals surface area contributed by atoms with E-state index in [1.165, 1.54) is 0 Å². The fraction of sp³-hybridized carbons (Fsp3) is 0.850. The summed E-state index contributed by atoms with van der Waals surface area (Å²) in [5.41, 5.74) is 0. The highest BCUT2D eigenvalue weighted by Gasteiger charge is 2.61. The molecule has 2 bridgehead atoms. The molecule has 150 valence electrons. The van der Waals surface area contributed by atoms with E-state index in [1.807, 2.05) is 27.7 Å². The molecule has 5 aliphatic rings. The van der Waals surface area contributed by atoms with Gasteiger partial charge in [-0.05, 0) is 52.4 Å². The third-order valence-corrected chi connectivity index (χ3v) is 6.22. The standard InChI is InChI=1S/C20H28O7/c1-19(2)24-14-13(9-22-17(21)12-8-10-5-6-11(12)7-10)23-18-16(15(14)25-19)26-20(3,4)27-18/h5-6,10-16,18H,7-9H2,1-4H3. The molecule has 2 aliphatic carbocycles. The second-order valence-electron chi connectivity index (χ2n) is 9.22. The predicted octanol–water partition coefficient (Wildman–Crippen LogP) is 2.14. The average molecular weight is 380 g/mol. The SMILES string of the molecule is CC1(C)OC2OC(COC(=O)C3CC4C=CC3C4)C3OC(C)(C)OC3C2O1. The van der Waals surface area contributed by atoms with Crippen LogP contribution in [0.2, 0.25) is 0 Å². The monoisotopic (exact) mass is 380 g/mol. The van der Waals surface area contributed by atoms with Crippen LogP contribution >= 0.6 is 0 Å². The van der Waals surface area contributed by atoms with Gasteiger partial charge in [0.15, 0.2) is 17.9 Å². The molecule has 0 N–H and O–H groups in total. The van der Waals surface area contributed by atoms with Crippen LogP contribution in [-0.2, 0) is 33.2 Å². The van der Waals surface area contributed by atoms with Crippen LogP contribution < -0.4 is 0 Å². The Balaban J connectivity index is 1.27. The molecule has 8 unspecified atom stereocenters. The molecule has 0 radical (unpaired) electrons. The Morgan fingerprint density at radius 2 is 1.67 bits per heavy atom. The van der Waals surface area contributed by atoms with E-state index in [2.05, 4.69) is 12.2 Å². The largest absolute Gasteiger partial charge is 0.463 e. The van der Waals surface area contributed by atoms with Gasteiger partial charge in [0.05, 0.1) is 5.92 Å². The molecule has 1 saturated carbocycles. The molecule has 4 fully saturated rings. The Bertz CT molecular complexity index is 657. The maximum Gasteiger partial charge on any atom is 0.309 e. The highest BCUT2D eigenvalue weighted by Crippen LogP contribution is 2.45. The van der Waals surface area contributed by atoms with Crippen molar-refractivity contribution in [3.05, 3.63) is 12.2 Å². The molecular formula is C20H28O7. The number of fused-ring (bicyclic) bond motifs is 5. The third-order valence-electron chi connectivity index (χ3n) is 6.22. The lowest BCUT2D eigenvalue weighted by Gasteiger charge is -2.37. The quantitative estimate of drug-likeness (QED) is 0.549. The molecule has 3 aliphatic heterocycles. The summed E-state index contributed by atoms with van der Waals surface area (Å²) in [4.78, 5) is 12.6. The van der Waals surface area contributed by atoms with Crippen molar-refractivity contribution >= 4 is 5.97 Å². The number of rotatable bonds is 3. The van der Waals surface area contributed by atoms with E-state index in [0.29, 0.717) is 11.8 Å². The summed E-state index contributed by atoms with van der Waals surface area (Å²) in [6.45, 7) is 7.56. The molecular weight excluding hydrogens is 352 g/mol. The molecule has 8 atom stereocenters. The first-order valence-corrected chi connectivity index (χ1v) is 9.92. The van der Waals surface area contributed by atoms with Gasteiger partial charge in [0, 0.05) is 0 Å². The number of ether oxygens (including phenoxy) is 6. The topological polar surface area (TPSA) is 72.5 Å². The van der Waals surface area contributed by atoms with Gasteiger partial charge in [0.25, 0.3) is 0 Å². The van der Waals surface area contributed by atoms with Gasteiger partial charge >= 0.3 is 5.97 Å². The summed E-state index contributed by atoms with van der Waals surface area (Å²) in [5.74, 6) is -0.824. The lowest BCUT2D eigenvalue weighted by atomic mass is 9.94. The van der Waals surface area contributed by atoms with Gasteiger partial charge < -0.3 is 28.4 Å². The van der Waals surface area contributed by atoms with Gasteiger partial charge in [0.1, 0.15) is 31.0 Å². The van der Waals surface area contributed by atoms with Crippen molar-refractivity contribution in [2.24, 2.45) is 17.8 Å². The Morgan fingerprint density at radius 1 is 0.963 bits per heavy atom. The van der Waals surface area contributed by atoms with Crippen molar-refractivity contribution in [1.29, 1.82) is 0 Å². The van der Waals surface area contributed by atoms with Crippen LogP contribution in [0.15, 0.2) is 12.2 Å². The Kier molecular flexibility index (Phi) is 4.02. The van der Waals surface area contributed by atoms with Crippen LogP contribution in [0.1, 0.15) is 40.5 Å². The molecule has 7 heteroatoms. The van der Waals surface area contributed by atoms with Crippen molar-refractivity contribution in [3.63, 3.8) is 0 Å². The highest BCUT2D eigenvalue weighted by molar-refractivity contribution is 5.74. The zero-order valence-electron chi connectivity index (χ0n) is 16.3. The molecule has 3 saturated heterocycles. The predicted molar refractivity (Wildman–Crippen MR) is 92.3 cm³/mol. The van der Waals surface area contributed by atoms with Crippen molar-refractivity contribution in [1.82, 2.24) is 0 Å². The van der Waals surface area contributed by atoms with Crippen LogP contribution in [0.3, 0.4) is 0 Å². The maximum absolute atomic E-state index is 12.6. The normalized spacial score (nSPS) is 48.4. The Labute approximate surface area is 159 Å². The van der Waals surface area contributed by atoms with Crippen molar-refractivity contribution in [2.75, 3.05) is 6.61 Å². The van der Waals surface area contributed by atoms with E-state index >= 15 is 0 Å². The summed E-state index contributed by atoms with van der Waals surface area (Å²) in [7, 11) is 0. The van der Waals surface area contributed by atoms with E-state index < -0.39 is 24.0 Å². The molecule has 0 aromatic rings. The summed E-state index contributed by atoms with van der Waals surface area (Å²) < 4.78 is 35.8. The van der Waals surface area contributed by atoms with Gasteiger partial charge in [-0.3, -0.25) is 4.79 Å². The van der Waals surface area contributed by atoms with Crippen LogP contribution in [-0.4, -0.2) is 54.9 Å². The van der Waals surface area contributed by atoms with E-state index in [-0.39, 0.29) is 36.8 Å². The highest BCUT2D eigenvalue weighted by atomic mass is 16.9. The Morgan fingerprint density at radius 3 is 2.37 bits per heavy atom. The number of hydrogen-bond donors (Lipinski definition) is 0. The van der Waals surface area contributed by atoms with Crippen LogP contribution in [0.4, 0.5) is 0 Å². The second kappa shape index (κ2) is 6.00. The fourth-order valence-corrected chi connectivity index (χ4v) is 5.15. The van der Waals surface area contributed by atoms with Gasteiger partial charge in [-0.1, -0.05) is 12.2 Å². The van der Waals surface area contributed by atoms with Crippen molar-refractivity contribution in [3.8, 4) is 0 Å². The molecule has 0 aromatic heterocycles.